The average Bonchev–Trinajstić information content (AvgIpc) is 3.77. The molecule has 1 aliphatic heterocycles. The van der Waals surface area contributed by atoms with E-state index < -0.39 is 6.04 Å². The monoisotopic (exact) mass is 582 g/mol. The molecule has 0 bridgehead atoms. The molecule has 0 spiro atoms. The van der Waals surface area contributed by atoms with E-state index in [1.807, 2.05) is 60.8 Å². The van der Waals surface area contributed by atoms with Crippen LogP contribution < -0.4 is 29.2 Å². The smallest absolute Gasteiger partial charge is 0.322 e. The van der Waals surface area contributed by atoms with Crippen LogP contribution in [-0.4, -0.2) is 62.4 Å². The highest BCUT2D eigenvalue weighted by molar-refractivity contribution is 6.02. The van der Waals surface area contributed by atoms with Crippen LogP contribution in [0.5, 0.6) is 23.0 Å². The van der Waals surface area contributed by atoms with E-state index in [1.54, 1.807) is 49.3 Å². The number of aromatic nitrogens is 1. The molecule has 10 nitrogen and oxygen atoms in total. The zero-order chi connectivity index (χ0) is 30.1. The number of hydrogen-bond donors (Lipinski definition) is 1. The molecule has 1 N–H and O–H groups in total. The van der Waals surface area contributed by atoms with Crippen LogP contribution in [0.4, 0.5) is 16.2 Å². The Balaban J connectivity index is 1.38. The molecule has 3 amide bonds. The van der Waals surface area contributed by atoms with E-state index in [-0.39, 0.29) is 24.5 Å². The Morgan fingerprint density at radius 3 is 2.21 bits per heavy atom. The predicted octanol–water partition coefficient (Wildman–Crippen LogP) is 5.64. The van der Waals surface area contributed by atoms with Gasteiger partial charge in [0.05, 0.1) is 51.2 Å². The van der Waals surface area contributed by atoms with Gasteiger partial charge in [0.1, 0.15) is 35.6 Å². The van der Waals surface area contributed by atoms with Gasteiger partial charge < -0.3 is 33.7 Å². The van der Waals surface area contributed by atoms with Crippen LogP contribution in [0.25, 0.3) is 5.69 Å². The number of anilines is 2. The number of urea groups is 1. The van der Waals surface area contributed by atoms with E-state index in [9.17, 15) is 9.59 Å². The highest BCUT2D eigenvalue weighted by atomic mass is 16.5. The molecule has 3 aromatic carbocycles. The van der Waals surface area contributed by atoms with E-state index in [1.165, 1.54) is 7.11 Å². The van der Waals surface area contributed by atoms with Crippen LogP contribution in [0, 0.1) is 0 Å². The number of methoxy groups -OCH3 is 4. The summed E-state index contributed by atoms with van der Waals surface area (Å²) in [7, 11) is 6.32. The fourth-order valence-electron chi connectivity index (χ4n) is 5.67. The number of amides is 3. The zero-order valence-corrected chi connectivity index (χ0v) is 24.6. The van der Waals surface area contributed by atoms with Crippen LogP contribution in [0.3, 0.4) is 0 Å². The van der Waals surface area contributed by atoms with E-state index in [2.05, 4.69) is 9.88 Å². The minimum absolute atomic E-state index is 0.0399. The molecule has 1 saturated carbocycles. The van der Waals surface area contributed by atoms with Crippen molar-refractivity contribution in [3.8, 4) is 28.7 Å². The van der Waals surface area contributed by atoms with Gasteiger partial charge >= 0.3 is 6.03 Å². The van der Waals surface area contributed by atoms with Gasteiger partial charge in [-0.25, -0.2) is 4.79 Å². The van der Waals surface area contributed by atoms with Gasteiger partial charge in [-0.15, -0.1) is 0 Å². The second-order valence-electron chi connectivity index (χ2n) is 10.4. The number of para-hydroxylation sites is 2. The highest BCUT2D eigenvalue weighted by Crippen LogP contribution is 2.46. The summed E-state index contributed by atoms with van der Waals surface area (Å²) in [5.41, 5.74) is 3.77. The van der Waals surface area contributed by atoms with Crippen molar-refractivity contribution in [1.82, 2.24) is 9.47 Å². The number of rotatable bonds is 9. The van der Waals surface area contributed by atoms with Crippen molar-refractivity contribution in [2.45, 2.75) is 24.9 Å². The lowest BCUT2D eigenvalue weighted by atomic mass is 9.96. The van der Waals surface area contributed by atoms with Crippen LogP contribution in [0.2, 0.25) is 0 Å². The lowest BCUT2D eigenvalue weighted by Crippen LogP contribution is -2.48. The van der Waals surface area contributed by atoms with E-state index in [4.69, 9.17) is 18.9 Å². The van der Waals surface area contributed by atoms with Gasteiger partial charge in [-0.1, -0.05) is 12.1 Å². The number of ether oxygens (including phenoxy) is 4. The Labute approximate surface area is 250 Å². The molecule has 1 unspecified atom stereocenters. The first-order valence-corrected chi connectivity index (χ1v) is 14.1. The van der Waals surface area contributed by atoms with Crippen LogP contribution >= 0.6 is 0 Å². The van der Waals surface area contributed by atoms with Crippen molar-refractivity contribution in [1.29, 1.82) is 0 Å². The van der Waals surface area contributed by atoms with Crippen molar-refractivity contribution in [2.24, 2.45) is 0 Å². The summed E-state index contributed by atoms with van der Waals surface area (Å²) in [6, 6.07) is 21.5. The number of nitrogens with one attached hydrogen (secondary N) is 1. The van der Waals surface area contributed by atoms with Crippen molar-refractivity contribution >= 4 is 23.3 Å². The minimum Gasteiger partial charge on any atom is -0.497 e. The second kappa shape index (κ2) is 11.6. The van der Waals surface area contributed by atoms with Crippen molar-refractivity contribution in [2.75, 3.05) is 45.2 Å². The topological polar surface area (TPSA) is 94.5 Å². The minimum atomic E-state index is -0.534. The molecule has 1 atom stereocenters. The van der Waals surface area contributed by atoms with Crippen LogP contribution in [-0.2, 0) is 4.79 Å². The van der Waals surface area contributed by atoms with Crippen LogP contribution in [0.1, 0.15) is 30.1 Å². The number of carbonyl (C=O) groups excluding carboxylic acids is 2. The Morgan fingerprint density at radius 1 is 0.814 bits per heavy atom. The number of fused-ring (bicyclic) bond motifs is 3. The highest BCUT2D eigenvalue weighted by Gasteiger charge is 2.41. The lowest BCUT2D eigenvalue weighted by molar-refractivity contribution is -0.119. The largest absolute Gasteiger partial charge is 0.497 e. The number of nitrogens with zero attached hydrogens (tertiary/aromatic N) is 3. The first-order chi connectivity index (χ1) is 21.0. The standard InChI is InChI=1S/C33H34N4O6/c1-40-22-14-16-29(42-3)24(18-22)32-28-10-7-17-35(28)26-8-5-6-9-27(26)37(32)31(38)20-36(21-11-12-21)33(39)34-25-15-13-23(41-2)19-30(25)43-4/h5-10,13-19,21,32H,11-12,20H2,1-4H3,(H,34,39). The molecular formula is C33H34N4O6. The summed E-state index contributed by atoms with van der Waals surface area (Å²) in [6.45, 7) is -0.118. The van der Waals surface area contributed by atoms with Gasteiger partial charge in [-0.3, -0.25) is 9.69 Å². The molecule has 1 aliphatic carbocycles. The predicted molar refractivity (Wildman–Crippen MR) is 163 cm³/mol. The molecule has 0 saturated heterocycles. The number of hydrogen-bond acceptors (Lipinski definition) is 6. The van der Waals surface area contributed by atoms with Crippen LogP contribution in [0.15, 0.2) is 79.0 Å². The van der Waals surface area contributed by atoms with Gasteiger partial charge in [0.15, 0.2) is 0 Å². The molecule has 10 heteroatoms. The quantitative estimate of drug-likeness (QED) is 0.274. The maximum atomic E-state index is 14.5. The third-order valence-corrected chi connectivity index (χ3v) is 7.92. The summed E-state index contributed by atoms with van der Waals surface area (Å²) in [6.07, 6.45) is 3.64. The first-order valence-electron chi connectivity index (χ1n) is 14.1. The fourth-order valence-corrected chi connectivity index (χ4v) is 5.67. The Hall–Kier alpha value is -5.12. The van der Waals surface area contributed by atoms with Crippen molar-refractivity contribution in [3.05, 3.63) is 90.3 Å². The fraction of sp³-hybridized carbons (Fsp3) is 0.273. The molecule has 2 aliphatic rings. The first kappa shape index (κ1) is 28.0. The summed E-state index contributed by atoms with van der Waals surface area (Å²) >= 11 is 0. The van der Waals surface area contributed by atoms with Gasteiger partial charge in [0.2, 0.25) is 5.91 Å². The molecular weight excluding hydrogens is 548 g/mol. The lowest BCUT2D eigenvalue weighted by Gasteiger charge is -2.40. The van der Waals surface area contributed by atoms with Crippen molar-refractivity contribution < 1.29 is 28.5 Å². The Kier molecular flexibility index (Phi) is 7.58. The van der Waals surface area contributed by atoms with E-state index in [0.717, 1.165) is 35.5 Å². The number of benzene rings is 3. The molecule has 222 valence electrons. The molecule has 1 aromatic heterocycles. The number of carbonyl (C=O) groups is 2. The molecule has 2 heterocycles. The maximum absolute atomic E-state index is 14.5. The van der Waals surface area contributed by atoms with Gasteiger partial charge in [0, 0.05) is 23.9 Å². The molecule has 0 radical (unpaired) electrons. The SMILES string of the molecule is COc1ccc(NC(=O)N(CC(=O)N2c3ccccc3-n3cccc3C2c2cc(OC)ccc2OC)C2CC2)c(OC)c1. The molecule has 1 fully saturated rings. The van der Waals surface area contributed by atoms with Gasteiger partial charge in [-0.2, -0.15) is 0 Å². The summed E-state index contributed by atoms with van der Waals surface area (Å²) in [5, 5.41) is 2.94. The summed E-state index contributed by atoms with van der Waals surface area (Å²) in [4.78, 5) is 31.6. The second-order valence-corrected chi connectivity index (χ2v) is 10.4. The molecule has 43 heavy (non-hydrogen) atoms. The molecule has 4 aromatic rings. The zero-order valence-electron chi connectivity index (χ0n) is 24.6. The Morgan fingerprint density at radius 2 is 1.51 bits per heavy atom. The third kappa shape index (κ3) is 5.20. The molecule has 6 rings (SSSR count). The van der Waals surface area contributed by atoms with E-state index in [0.29, 0.717) is 28.7 Å². The summed E-state index contributed by atoms with van der Waals surface area (Å²) < 4.78 is 24.2. The van der Waals surface area contributed by atoms with E-state index >= 15 is 0 Å². The third-order valence-electron chi connectivity index (χ3n) is 7.92. The maximum Gasteiger partial charge on any atom is 0.322 e. The van der Waals surface area contributed by atoms with Gasteiger partial charge in [-0.05, 0) is 67.4 Å². The van der Waals surface area contributed by atoms with Gasteiger partial charge in [0.25, 0.3) is 0 Å². The average molecular weight is 583 g/mol. The summed E-state index contributed by atoms with van der Waals surface area (Å²) in [5.74, 6) is 2.12. The van der Waals surface area contributed by atoms with Crippen molar-refractivity contribution in [3.63, 3.8) is 0 Å². The Bertz CT molecular complexity index is 1660. The normalized spacial score (nSPS) is 15.2.